The molecular weight excluding hydrogens is 372 g/mol. The Bertz CT molecular complexity index is 801. The first-order chi connectivity index (χ1) is 14.7. The largest absolute Gasteiger partial charge is 0.370 e. The van der Waals surface area contributed by atoms with E-state index in [1.807, 2.05) is 13.8 Å². The van der Waals surface area contributed by atoms with Crippen molar-refractivity contribution in [3.63, 3.8) is 0 Å². The number of fused-ring (bicyclic) bond motifs is 1. The molecule has 5 nitrogen and oxygen atoms in total. The van der Waals surface area contributed by atoms with Crippen LogP contribution in [0.15, 0.2) is 12.1 Å². The molecule has 1 amide bonds. The molecule has 0 unspecified atom stereocenters. The molecule has 2 fully saturated rings. The molecule has 2 aromatic rings. The monoisotopic (exact) mass is 412 g/mol. The molecule has 1 aromatic heterocycles. The summed E-state index contributed by atoms with van der Waals surface area (Å²) in [4.78, 5) is 23.4. The summed E-state index contributed by atoms with van der Waals surface area (Å²) in [7, 11) is 0. The van der Waals surface area contributed by atoms with Crippen molar-refractivity contribution in [3.8, 4) is 0 Å². The zero-order chi connectivity index (χ0) is 21.3. The summed E-state index contributed by atoms with van der Waals surface area (Å²) < 4.78 is 0. The van der Waals surface area contributed by atoms with E-state index in [1.54, 1.807) is 0 Å². The Kier molecular flexibility index (Phi) is 8.59. The van der Waals surface area contributed by atoms with Crippen LogP contribution >= 0.6 is 0 Å². The number of benzene rings is 1. The van der Waals surface area contributed by atoms with E-state index >= 15 is 0 Å². The second-order valence-corrected chi connectivity index (χ2v) is 8.54. The van der Waals surface area contributed by atoms with Crippen molar-refractivity contribution in [2.45, 2.75) is 97.3 Å². The van der Waals surface area contributed by atoms with Gasteiger partial charge in [-0.3, -0.25) is 4.79 Å². The number of aromatic nitrogens is 2. The fraction of sp³-hybridized carbons (Fsp3) is 0.680. The van der Waals surface area contributed by atoms with Gasteiger partial charge in [0.2, 0.25) is 5.91 Å². The molecule has 0 bridgehead atoms. The van der Waals surface area contributed by atoms with Crippen LogP contribution < -0.4 is 10.2 Å². The van der Waals surface area contributed by atoms with E-state index in [-0.39, 0.29) is 5.91 Å². The van der Waals surface area contributed by atoms with Crippen LogP contribution in [0.5, 0.6) is 0 Å². The van der Waals surface area contributed by atoms with Crippen LogP contribution in [0.2, 0.25) is 0 Å². The number of aromatic amines is 1. The van der Waals surface area contributed by atoms with Gasteiger partial charge in [-0.25, -0.2) is 4.98 Å². The minimum atomic E-state index is 0.125. The molecule has 1 saturated carbocycles. The van der Waals surface area contributed by atoms with E-state index in [1.165, 1.54) is 44.9 Å². The van der Waals surface area contributed by atoms with Gasteiger partial charge in [-0.05, 0) is 44.2 Å². The van der Waals surface area contributed by atoms with Crippen molar-refractivity contribution in [1.82, 2.24) is 9.97 Å². The Morgan fingerprint density at radius 2 is 1.83 bits per heavy atom. The molecule has 166 valence electrons. The number of anilines is 2. The minimum Gasteiger partial charge on any atom is -0.370 e. The quantitative estimate of drug-likeness (QED) is 0.494. The molecule has 0 spiro atoms. The van der Waals surface area contributed by atoms with Gasteiger partial charge in [0.25, 0.3) is 0 Å². The third kappa shape index (κ3) is 5.55. The first-order valence-electron chi connectivity index (χ1n) is 12.3. The molecule has 1 aromatic carbocycles. The van der Waals surface area contributed by atoms with Crippen LogP contribution in [0.3, 0.4) is 0 Å². The van der Waals surface area contributed by atoms with Gasteiger partial charge < -0.3 is 15.2 Å². The lowest BCUT2D eigenvalue weighted by Gasteiger charge is -2.21. The zero-order valence-electron chi connectivity index (χ0n) is 19.2. The van der Waals surface area contributed by atoms with Gasteiger partial charge in [-0.2, -0.15) is 0 Å². The van der Waals surface area contributed by atoms with Crippen molar-refractivity contribution < 1.29 is 4.79 Å². The number of nitrogens with zero attached hydrogens (tertiary/aromatic N) is 2. The third-order valence-electron chi connectivity index (χ3n) is 6.34. The molecule has 2 aliphatic rings. The number of amides is 1. The van der Waals surface area contributed by atoms with Crippen molar-refractivity contribution in [2.75, 3.05) is 23.3 Å². The zero-order valence-corrected chi connectivity index (χ0v) is 19.2. The molecule has 4 rings (SSSR count). The van der Waals surface area contributed by atoms with Gasteiger partial charge in [-0.15, -0.1) is 0 Å². The normalized spacial score (nSPS) is 17.1. The molecule has 30 heavy (non-hydrogen) atoms. The van der Waals surface area contributed by atoms with Crippen molar-refractivity contribution in [3.05, 3.63) is 18.0 Å². The summed E-state index contributed by atoms with van der Waals surface area (Å²) >= 11 is 0. The maximum Gasteiger partial charge on any atom is 0.224 e. The van der Waals surface area contributed by atoms with Gasteiger partial charge in [0.05, 0.1) is 22.4 Å². The van der Waals surface area contributed by atoms with E-state index in [9.17, 15) is 4.79 Å². The Morgan fingerprint density at radius 3 is 2.53 bits per heavy atom. The van der Waals surface area contributed by atoms with Crippen LogP contribution in [0, 0.1) is 0 Å². The fourth-order valence-corrected chi connectivity index (χ4v) is 4.70. The van der Waals surface area contributed by atoms with Gasteiger partial charge in [0.15, 0.2) is 0 Å². The Balaban J connectivity index is 0.00000124. The average molecular weight is 413 g/mol. The molecule has 2 N–H and O–H groups in total. The van der Waals surface area contributed by atoms with E-state index in [0.29, 0.717) is 12.3 Å². The first-order valence-corrected chi connectivity index (χ1v) is 12.3. The van der Waals surface area contributed by atoms with Crippen LogP contribution in [-0.4, -0.2) is 29.0 Å². The van der Waals surface area contributed by atoms with Gasteiger partial charge >= 0.3 is 0 Å². The number of carbonyl (C=O) groups excluding carboxylic acids is 1. The maximum absolute atomic E-state index is 12.5. The number of unbranched alkanes of at least 4 members (excludes halogenated alkanes) is 2. The number of nitrogens with one attached hydrogen (secondary N) is 2. The lowest BCUT2D eigenvalue weighted by atomic mass is 9.89. The SMILES string of the molecule is CC.CCCCCC(=O)Nc1cc2[nH]c(C3CCCCC3)nc2cc1N1CCCC1. The molecule has 1 aliphatic heterocycles. The summed E-state index contributed by atoms with van der Waals surface area (Å²) in [5.74, 6) is 1.82. The van der Waals surface area contributed by atoms with Crippen molar-refractivity contribution in [1.29, 1.82) is 0 Å². The molecular formula is C25H40N4O. The highest BCUT2D eigenvalue weighted by Gasteiger charge is 2.22. The van der Waals surface area contributed by atoms with Gasteiger partial charge in [-0.1, -0.05) is 52.9 Å². The summed E-state index contributed by atoms with van der Waals surface area (Å²) in [5.41, 5.74) is 4.16. The second-order valence-electron chi connectivity index (χ2n) is 8.54. The van der Waals surface area contributed by atoms with Crippen LogP contribution in [0.25, 0.3) is 11.0 Å². The van der Waals surface area contributed by atoms with E-state index in [4.69, 9.17) is 4.98 Å². The number of hydrogen-bond donors (Lipinski definition) is 2. The van der Waals surface area contributed by atoms with Crippen LogP contribution in [0.4, 0.5) is 11.4 Å². The van der Waals surface area contributed by atoms with E-state index in [0.717, 1.165) is 60.6 Å². The van der Waals surface area contributed by atoms with E-state index in [2.05, 4.69) is 34.3 Å². The third-order valence-corrected chi connectivity index (χ3v) is 6.34. The summed E-state index contributed by atoms with van der Waals surface area (Å²) in [5, 5.41) is 3.20. The smallest absolute Gasteiger partial charge is 0.224 e. The lowest BCUT2D eigenvalue weighted by Crippen LogP contribution is -2.21. The van der Waals surface area contributed by atoms with Crippen molar-refractivity contribution >= 4 is 28.3 Å². The van der Waals surface area contributed by atoms with E-state index < -0.39 is 0 Å². The molecule has 2 heterocycles. The number of hydrogen-bond acceptors (Lipinski definition) is 3. The number of imidazole rings is 1. The summed E-state index contributed by atoms with van der Waals surface area (Å²) in [6.07, 6.45) is 12.7. The highest BCUT2D eigenvalue weighted by molar-refractivity contribution is 5.98. The maximum atomic E-state index is 12.5. The summed E-state index contributed by atoms with van der Waals surface area (Å²) in [6, 6.07) is 4.30. The minimum absolute atomic E-state index is 0.125. The average Bonchev–Trinajstić information content (AvgIpc) is 3.45. The predicted octanol–water partition coefficient (Wildman–Crippen LogP) is 6.76. The van der Waals surface area contributed by atoms with Crippen molar-refractivity contribution in [2.24, 2.45) is 0 Å². The topological polar surface area (TPSA) is 61.0 Å². The Labute approximate surface area is 182 Å². The molecule has 5 heteroatoms. The highest BCUT2D eigenvalue weighted by Crippen LogP contribution is 2.36. The standard InChI is InChI=1S/C23H34N4O.C2H6/c1-2-3-5-12-22(28)24-20-15-18-19(16-21(20)27-13-8-9-14-27)26-23(25-18)17-10-6-4-7-11-17;1-2/h15-17H,2-14H2,1H3,(H,24,28)(H,25,26);1-2H3. The second kappa shape index (κ2) is 11.4. The molecule has 0 atom stereocenters. The first kappa shape index (κ1) is 22.6. The molecule has 0 radical (unpaired) electrons. The molecule has 1 aliphatic carbocycles. The van der Waals surface area contributed by atoms with Gasteiger partial charge in [0.1, 0.15) is 5.82 Å². The van der Waals surface area contributed by atoms with Crippen LogP contribution in [0.1, 0.15) is 103 Å². The van der Waals surface area contributed by atoms with Crippen LogP contribution in [-0.2, 0) is 4.79 Å². The Hall–Kier alpha value is -2.04. The van der Waals surface area contributed by atoms with Gasteiger partial charge in [0, 0.05) is 25.4 Å². The number of H-pyrrole nitrogens is 1. The molecule has 1 saturated heterocycles. The number of carbonyl (C=O) groups is 1. The lowest BCUT2D eigenvalue weighted by molar-refractivity contribution is -0.116. The highest BCUT2D eigenvalue weighted by atomic mass is 16.1. The summed E-state index contributed by atoms with van der Waals surface area (Å²) in [6.45, 7) is 8.29. The predicted molar refractivity (Wildman–Crippen MR) is 127 cm³/mol. The number of rotatable bonds is 7. The Morgan fingerprint density at radius 1 is 1.10 bits per heavy atom. The fourth-order valence-electron chi connectivity index (χ4n) is 4.70.